The molecule has 0 atom stereocenters. The zero-order chi connectivity index (χ0) is 9.23. The van der Waals surface area contributed by atoms with Crippen LogP contribution >= 0.6 is 12.0 Å². The van der Waals surface area contributed by atoms with Crippen molar-refractivity contribution in [2.45, 2.75) is 20.3 Å². The summed E-state index contributed by atoms with van der Waals surface area (Å²) in [7, 11) is 0. The van der Waals surface area contributed by atoms with Crippen molar-refractivity contribution in [2.75, 3.05) is 6.61 Å². The molecule has 0 bridgehead atoms. The van der Waals surface area contributed by atoms with Gasteiger partial charge in [0.1, 0.15) is 0 Å². The summed E-state index contributed by atoms with van der Waals surface area (Å²) in [5, 5.41) is 1.92. The van der Waals surface area contributed by atoms with Crippen molar-refractivity contribution in [3.05, 3.63) is 35.8 Å². The first-order chi connectivity index (χ1) is 5.81. The van der Waals surface area contributed by atoms with Crippen LogP contribution < -0.4 is 0 Å². The normalized spacial score (nSPS) is 12.3. The molecule has 1 nitrogen and oxygen atoms in total. The van der Waals surface area contributed by atoms with Gasteiger partial charge < -0.3 is 4.18 Å². The summed E-state index contributed by atoms with van der Waals surface area (Å²) in [6.45, 7) is 8.55. The summed E-state index contributed by atoms with van der Waals surface area (Å²) >= 11 is 1.37. The van der Waals surface area contributed by atoms with Gasteiger partial charge in [-0.1, -0.05) is 37.3 Å². The highest BCUT2D eigenvalue weighted by Gasteiger charge is 1.79. The van der Waals surface area contributed by atoms with E-state index in [1.54, 1.807) is 0 Å². The van der Waals surface area contributed by atoms with E-state index in [9.17, 15) is 0 Å². The van der Waals surface area contributed by atoms with E-state index >= 15 is 0 Å². The van der Waals surface area contributed by atoms with E-state index in [1.807, 2.05) is 30.6 Å². The minimum absolute atomic E-state index is 0.805. The van der Waals surface area contributed by atoms with Crippen LogP contribution in [0.1, 0.15) is 20.3 Å². The van der Waals surface area contributed by atoms with E-state index in [1.165, 1.54) is 12.0 Å². The van der Waals surface area contributed by atoms with Crippen molar-refractivity contribution in [1.29, 1.82) is 0 Å². The molecule has 0 aromatic rings. The van der Waals surface area contributed by atoms with Crippen molar-refractivity contribution in [1.82, 2.24) is 0 Å². The summed E-state index contributed by atoms with van der Waals surface area (Å²) in [5.74, 6) is 0. The van der Waals surface area contributed by atoms with E-state index in [0.29, 0.717) is 0 Å². The van der Waals surface area contributed by atoms with Gasteiger partial charge in [0, 0.05) is 12.0 Å². The monoisotopic (exact) mass is 184 g/mol. The maximum Gasteiger partial charge on any atom is 0.0615 e. The lowest BCUT2D eigenvalue weighted by atomic mass is 10.3. The molecule has 68 valence electrons. The molecule has 0 N–H and O–H groups in total. The molecule has 0 aromatic heterocycles. The Balaban J connectivity index is 3.43. The van der Waals surface area contributed by atoms with E-state index in [0.717, 1.165) is 18.6 Å². The maximum absolute atomic E-state index is 5.17. The number of allylic oxidation sites excluding steroid dienone is 4. The average Bonchev–Trinajstić information content (AvgIpc) is 2.10. The smallest absolute Gasteiger partial charge is 0.0615 e. The lowest BCUT2D eigenvalue weighted by Gasteiger charge is -1.92. The van der Waals surface area contributed by atoms with Crippen molar-refractivity contribution in [2.24, 2.45) is 0 Å². The van der Waals surface area contributed by atoms with E-state index in [2.05, 4.69) is 13.5 Å². The molecule has 0 unspecified atom stereocenters. The molecule has 0 aromatic carbocycles. The van der Waals surface area contributed by atoms with Crippen LogP contribution in [0.25, 0.3) is 0 Å². The van der Waals surface area contributed by atoms with Crippen LogP contribution in [0.15, 0.2) is 35.8 Å². The van der Waals surface area contributed by atoms with Crippen LogP contribution in [0.4, 0.5) is 0 Å². The van der Waals surface area contributed by atoms with Crippen molar-refractivity contribution in [3.63, 3.8) is 0 Å². The molecule has 0 rings (SSSR count). The predicted molar refractivity (Wildman–Crippen MR) is 56.9 cm³/mol. The Labute approximate surface area is 79.4 Å². The maximum atomic E-state index is 5.17. The van der Waals surface area contributed by atoms with E-state index in [-0.39, 0.29) is 0 Å². The molecule has 0 saturated carbocycles. The highest BCUT2D eigenvalue weighted by atomic mass is 32.2. The number of rotatable bonds is 6. The molecular formula is C10H16OS. The lowest BCUT2D eigenvalue weighted by molar-refractivity contribution is 0.376. The first-order valence-electron chi connectivity index (χ1n) is 4.05. The molecule has 0 fully saturated rings. The van der Waals surface area contributed by atoms with Gasteiger partial charge in [0.25, 0.3) is 0 Å². The number of hydrogen-bond acceptors (Lipinski definition) is 2. The zero-order valence-electron chi connectivity index (χ0n) is 7.75. The quantitative estimate of drug-likeness (QED) is 0.353. The molecular weight excluding hydrogens is 168 g/mol. The fraction of sp³-hybridized carbons (Fsp3) is 0.400. The molecule has 12 heavy (non-hydrogen) atoms. The second kappa shape index (κ2) is 8.62. The standard InChI is InChI=1S/C10H16OS/c1-4-8-11-12-9-6-7-10(3)5-2/h5-7,9H,2,4,8H2,1,3H3/b9-6+,10-7-. The van der Waals surface area contributed by atoms with Crippen LogP contribution in [-0.2, 0) is 4.18 Å². The topological polar surface area (TPSA) is 9.23 Å². The van der Waals surface area contributed by atoms with Gasteiger partial charge in [-0.2, -0.15) is 0 Å². The minimum atomic E-state index is 0.805. The molecule has 0 heterocycles. The van der Waals surface area contributed by atoms with Gasteiger partial charge in [-0.3, -0.25) is 0 Å². The van der Waals surface area contributed by atoms with Crippen LogP contribution in [0.5, 0.6) is 0 Å². The fourth-order valence-corrected chi connectivity index (χ4v) is 0.946. The van der Waals surface area contributed by atoms with Gasteiger partial charge in [-0.25, -0.2) is 0 Å². The van der Waals surface area contributed by atoms with Crippen molar-refractivity contribution in [3.8, 4) is 0 Å². The zero-order valence-corrected chi connectivity index (χ0v) is 8.56. The molecule has 0 amide bonds. The predicted octanol–water partition coefficient (Wildman–Crippen LogP) is 3.71. The van der Waals surface area contributed by atoms with Gasteiger partial charge in [0.2, 0.25) is 0 Å². The summed E-state index contributed by atoms with van der Waals surface area (Å²) in [4.78, 5) is 0. The molecule has 0 aliphatic carbocycles. The van der Waals surface area contributed by atoms with Gasteiger partial charge in [-0.05, 0) is 18.8 Å². The van der Waals surface area contributed by atoms with Gasteiger partial charge in [0.05, 0.1) is 6.61 Å². The molecule has 0 spiro atoms. The first kappa shape index (κ1) is 11.5. The number of hydrogen-bond donors (Lipinski definition) is 0. The van der Waals surface area contributed by atoms with Crippen LogP contribution in [0.3, 0.4) is 0 Å². The SMILES string of the molecule is C=C/C(C)=C\C=C\SOCCC. The Kier molecular flexibility index (Phi) is 8.29. The van der Waals surface area contributed by atoms with Crippen LogP contribution in [-0.4, -0.2) is 6.61 Å². The highest BCUT2D eigenvalue weighted by Crippen LogP contribution is 2.05. The molecule has 0 radical (unpaired) electrons. The highest BCUT2D eigenvalue weighted by molar-refractivity contribution is 7.97. The second-order valence-electron chi connectivity index (χ2n) is 2.36. The van der Waals surface area contributed by atoms with E-state index in [4.69, 9.17) is 4.18 Å². The molecule has 0 aliphatic heterocycles. The summed E-state index contributed by atoms with van der Waals surface area (Å²) < 4.78 is 5.17. The Morgan fingerprint density at radius 2 is 2.33 bits per heavy atom. The van der Waals surface area contributed by atoms with Crippen molar-refractivity contribution >= 4 is 12.0 Å². The summed E-state index contributed by atoms with van der Waals surface area (Å²) in [6, 6.07) is 0. The molecule has 2 heteroatoms. The fourth-order valence-electron chi connectivity index (χ4n) is 0.462. The summed E-state index contributed by atoms with van der Waals surface area (Å²) in [6.07, 6.45) is 6.83. The molecule has 0 aliphatic rings. The van der Waals surface area contributed by atoms with E-state index < -0.39 is 0 Å². The Bertz CT molecular complexity index is 171. The van der Waals surface area contributed by atoms with Crippen molar-refractivity contribution < 1.29 is 4.18 Å². The minimum Gasteiger partial charge on any atom is -0.311 e. The Hall–Kier alpha value is -0.470. The van der Waals surface area contributed by atoms with Crippen LogP contribution in [0.2, 0.25) is 0 Å². The first-order valence-corrected chi connectivity index (χ1v) is 4.86. The Morgan fingerprint density at radius 3 is 2.92 bits per heavy atom. The lowest BCUT2D eigenvalue weighted by Crippen LogP contribution is -1.78. The van der Waals surface area contributed by atoms with Gasteiger partial charge >= 0.3 is 0 Å². The van der Waals surface area contributed by atoms with Crippen LogP contribution in [0, 0.1) is 0 Å². The van der Waals surface area contributed by atoms with Gasteiger partial charge in [0.15, 0.2) is 0 Å². The average molecular weight is 184 g/mol. The largest absolute Gasteiger partial charge is 0.311 e. The third-order valence-corrected chi connectivity index (χ3v) is 1.74. The summed E-state index contributed by atoms with van der Waals surface area (Å²) in [5.41, 5.74) is 1.15. The second-order valence-corrected chi connectivity index (χ2v) is 3.06. The third kappa shape index (κ3) is 7.63. The van der Waals surface area contributed by atoms with Gasteiger partial charge in [-0.15, -0.1) is 0 Å². The molecule has 0 saturated heterocycles. The Morgan fingerprint density at radius 1 is 1.58 bits per heavy atom. The third-order valence-electron chi connectivity index (χ3n) is 1.17.